The first-order chi connectivity index (χ1) is 34.1. The average Bonchev–Trinajstić information content (AvgIpc) is 4.17. The Balaban J connectivity index is 0.922. The highest BCUT2D eigenvalue weighted by atomic mass is 32.1. The number of hydrogen-bond donors (Lipinski definition) is 0. The number of hydrogen-bond acceptors (Lipinski definition) is 2. The highest BCUT2D eigenvalue weighted by Crippen LogP contribution is 2.48. The highest BCUT2D eigenvalue weighted by Gasteiger charge is 2.25. The van der Waals surface area contributed by atoms with Gasteiger partial charge in [0.25, 0.3) is 0 Å². The van der Waals surface area contributed by atoms with Gasteiger partial charge in [-0.1, -0.05) is 231 Å². The monoisotopic (exact) mass is 920 g/mol. The highest BCUT2D eigenvalue weighted by molar-refractivity contribution is 7.16. The van der Waals surface area contributed by atoms with Crippen molar-refractivity contribution in [2.75, 3.05) is 0 Å². The van der Waals surface area contributed by atoms with E-state index in [4.69, 9.17) is 0 Å². The minimum atomic E-state index is 1.11. The standard InChI is InChI=1S/C67H52S2/c1-46-60(44-62(68-46)48-36-40-56(41-37-48)66(54-30-17-7-18-31-54)64(50-22-9-3-10-23-50)51-24-11-4-12-25-51)58-34-21-35-59(58)61-45-63(69-47(61)2)49-38-42-57(43-39-49)67(55-32-19-8-20-33-55)65(52-26-13-5-14-27-52)53-28-15-6-16-29-53/h3-20,22-33,36-45H,21,34-35H2,1-2H3. The topological polar surface area (TPSA) is 0 Å². The molecule has 2 heterocycles. The van der Waals surface area contributed by atoms with Gasteiger partial charge in [0.15, 0.2) is 0 Å². The largest absolute Gasteiger partial charge is 0.140 e. The van der Waals surface area contributed by atoms with Gasteiger partial charge >= 0.3 is 0 Å². The van der Waals surface area contributed by atoms with Crippen molar-refractivity contribution < 1.29 is 0 Å². The predicted molar refractivity (Wildman–Crippen MR) is 298 cm³/mol. The molecule has 0 atom stereocenters. The lowest BCUT2D eigenvalue weighted by atomic mass is 9.85. The summed E-state index contributed by atoms with van der Waals surface area (Å²) in [5.41, 5.74) is 23.0. The van der Waals surface area contributed by atoms with E-state index >= 15 is 0 Å². The van der Waals surface area contributed by atoms with Crippen molar-refractivity contribution in [3.05, 3.63) is 308 Å². The molecule has 0 unspecified atom stereocenters. The Hall–Kier alpha value is -7.62. The molecule has 0 saturated carbocycles. The summed E-state index contributed by atoms with van der Waals surface area (Å²) in [4.78, 5) is 5.41. The Morgan fingerprint density at radius 3 is 0.768 bits per heavy atom. The zero-order valence-electron chi connectivity index (χ0n) is 39.0. The molecule has 332 valence electrons. The maximum atomic E-state index is 2.47. The predicted octanol–water partition coefficient (Wildman–Crippen LogP) is 18.9. The molecule has 0 spiro atoms. The van der Waals surface area contributed by atoms with E-state index in [0.717, 1.165) is 12.8 Å². The van der Waals surface area contributed by atoms with Crippen LogP contribution >= 0.6 is 22.7 Å². The summed E-state index contributed by atoms with van der Waals surface area (Å²) in [6, 6.07) is 88.6. The summed E-state index contributed by atoms with van der Waals surface area (Å²) in [7, 11) is 0. The van der Waals surface area contributed by atoms with Crippen molar-refractivity contribution in [2.24, 2.45) is 0 Å². The third-order valence-corrected chi connectivity index (χ3v) is 15.7. The zero-order valence-corrected chi connectivity index (χ0v) is 40.7. The lowest BCUT2D eigenvalue weighted by Crippen LogP contribution is -1.97. The van der Waals surface area contributed by atoms with E-state index in [1.807, 2.05) is 22.7 Å². The van der Waals surface area contributed by atoms with Crippen LogP contribution in [0.5, 0.6) is 0 Å². The lowest BCUT2D eigenvalue weighted by Gasteiger charge is -2.18. The van der Waals surface area contributed by atoms with Gasteiger partial charge in [-0.15, -0.1) is 22.7 Å². The molecule has 0 amide bonds. The molecule has 0 bridgehead atoms. The van der Waals surface area contributed by atoms with E-state index in [-0.39, 0.29) is 0 Å². The average molecular weight is 921 g/mol. The fraction of sp³-hybridized carbons (Fsp3) is 0.0746. The summed E-state index contributed by atoms with van der Waals surface area (Å²) < 4.78 is 0. The summed E-state index contributed by atoms with van der Waals surface area (Å²) in [6.07, 6.45) is 3.40. The molecule has 10 aromatic rings. The molecule has 2 heteroatoms. The molecule has 8 aromatic carbocycles. The molecule has 11 rings (SSSR count). The van der Waals surface area contributed by atoms with E-state index in [2.05, 4.69) is 257 Å². The molecule has 0 nitrogen and oxygen atoms in total. The van der Waals surface area contributed by atoms with Gasteiger partial charge in [0.05, 0.1) is 0 Å². The first-order valence-electron chi connectivity index (χ1n) is 24.0. The van der Waals surface area contributed by atoms with Crippen LogP contribution < -0.4 is 0 Å². The molecule has 0 aliphatic heterocycles. The molecule has 0 radical (unpaired) electrons. The molecule has 0 saturated heterocycles. The lowest BCUT2D eigenvalue weighted by molar-refractivity contribution is 0.941. The van der Waals surface area contributed by atoms with Crippen LogP contribution in [0.3, 0.4) is 0 Å². The van der Waals surface area contributed by atoms with Crippen molar-refractivity contribution >= 4 is 56.1 Å². The van der Waals surface area contributed by atoms with Crippen LogP contribution in [0, 0.1) is 13.8 Å². The van der Waals surface area contributed by atoms with Crippen LogP contribution in [0.25, 0.3) is 54.3 Å². The Kier molecular flexibility index (Phi) is 12.7. The van der Waals surface area contributed by atoms with Gasteiger partial charge in [0.2, 0.25) is 0 Å². The molecule has 0 N–H and O–H groups in total. The Bertz CT molecular complexity index is 3130. The van der Waals surface area contributed by atoms with Crippen LogP contribution in [0.2, 0.25) is 0 Å². The molecule has 69 heavy (non-hydrogen) atoms. The van der Waals surface area contributed by atoms with Crippen molar-refractivity contribution in [3.63, 3.8) is 0 Å². The maximum Gasteiger partial charge on any atom is 0.0351 e. The minimum Gasteiger partial charge on any atom is -0.140 e. The smallest absolute Gasteiger partial charge is 0.0351 e. The summed E-state index contributed by atoms with van der Waals surface area (Å²) in [5, 5.41) is 0. The fourth-order valence-corrected chi connectivity index (χ4v) is 12.3. The molecule has 2 aromatic heterocycles. The SMILES string of the molecule is Cc1sc(-c2ccc(C(=C(c3ccccc3)c3ccccc3)c3ccccc3)cc2)cc1C1=C(c2cc(-c3ccc(C(=C(c4ccccc4)c4ccccc4)c4ccccc4)cc3)sc2C)CCC1. The van der Waals surface area contributed by atoms with Gasteiger partial charge in [0.1, 0.15) is 0 Å². The van der Waals surface area contributed by atoms with Crippen molar-refractivity contribution in [2.45, 2.75) is 33.1 Å². The van der Waals surface area contributed by atoms with Gasteiger partial charge in [-0.25, -0.2) is 0 Å². The van der Waals surface area contributed by atoms with Gasteiger partial charge in [-0.2, -0.15) is 0 Å². The Morgan fingerprint density at radius 2 is 0.522 bits per heavy atom. The van der Waals surface area contributed by atoms with E-state index in [0.29, 0.717) is 0 Å². The normalized spacial score (nSPS) is 12.3. The van der Waals surface area contributed by atoms with Gasteiger partial charge < -0.3 is 0 Å². The second-order valence-corrected chi connectivity index (χ2v) is 20.3. The number of thiophene rings is 2. The number of rotatable bonds is 12. The van der Waals surface area contributed by atoms with Crippen molar-refractivity contribution in [3.8, 4) is 20.9 Å². The number of aryl methyl sites for hydroxylation is 2. The summed E-state index contributed by atoms with van der Waals surface area (Å²) >= 11 is 3.84. The van der Waals surface area contributed by atoms with E-state index < -0.39 is 0 Å². The molecule has 1 aliphatic carbocycles. The van der Waals surface area contributed by atoms with Crippen molar-refractivity contribution in [1.29, 1.82) is 0 Å². The van der Waals surface area contributed by atoms with Crippen LogP contribution in [0.4, 0.5) is 0 Å². The van der Waals surface area contributed by atoms with Crippen LogP contribution in [-0.4, -0.2) is 0 Å². The molecule has 0 fully saturated rings. The minimum absolute atomic E-state index is 1.11. The maximum absolute atomic E-state index is 2.47. The van der Waals surface area contributed by atoms with Crippen LogP contribution in [0.1, 0.15) is 84.7 Å². The van der Waals surface area contributed by atoms with E-state index in [1.54, 1.807) is 0 Å². The zero-order chi connectivity index (χ0) is 46.5. The quantitative estimate of drug-likeness (QED) is 0.107. The number of allylic oxidation sites excluding steroid dienone is 2. The van der Waals surface area contributed by atoms with Crippen molar-refractivity contribution in [1.82, 2.24) is 0 Å². The van der Waals surface area contributed by atoms with E-state index in [9.17, 15) is 0 Å². The van der Waals surface area contributed by atoms with Gasteiger partial charge in [0, 0.05) is 19.5 Å². The Morgan fingerprint density at radius 1 is 0.290 bits per heavy atom. The first kappa shape index (κ1) is 43.9. The van der Waals surface area contributed by atoms with E-state index in [1.165, 1.54) is 126 Å². The van der Waals surface area contributed by atoms with Crippen LogP contribution in [0.15, 0.2) is 243 Å². The Labute approximate surface area is 415 Å². The van der Waals surface area contributed by atoms with Gasteiger partial charge in [-0.05, 0) is 145 Å². The number of benzene rings is 8. The first-order valence-corrected chi connectivity index (χ1v) is 25.7. The van der Waals surface area contributed by atoms with Gasteiger partial charge in [-0.3, -0.25) is 0 Å². The third-order valence-electron chi connectivity index (χ3n) is 13.5. The fourth-order valence-electron chi connectivity index (χ4n) is 10.2. The summed E-state index contributed by atoms with van der Waals surface area (Å²) in [6.45, 7) is 4.63. The second kappa shape index (κ2) is 19.9. The third kappa shape index (κ3) is 9.10. The van der Waals surface area contributed by atoms with Crippen LogP contribution in [-0.2, 0) is 0 Å². The molecular formula is C67H52S2. The molecular weight excluding hydrogens is 869 g/mol. The summed E-state index contributed by atoms with van der Waals surface area (Å²) in [5.74, 6) is 0. The molecule has 1 aliphatic rings. The second-order valence-electron chi connectivity index (χ2n) is 17.8.